The Morgan fingerprint density at radius 2 is 1.91 bits per heavy atom. The number of sulfonamides is 1. The summed E-state index contributed by atoms with van der Waals surface area (Å²) in [5, 5.41) is 2.70. The number of carbonyl (C=O) groups is 1. The molecule has 6 nitrogen and oxygen atoms in total. The Kier molecular flexibility index (Phi) is 5.30. The predicted molar refractivity (Wildman–Crippen MR) is 90.1 cm³/mol. The first-order valence-electron chi connectivity index (χ1n) is 6.80. The Hall–Kier alpha value is -2.03. The zero-order chi connectivity index (χ0) is 17.0. The first-order valence-corrected chi connectivity index (χ1v) is 8.65. The number of amides is 1. The van der Waals surface area contributed by atoms with Crippen LogP contribution in [0.2, 0.25) is 0 Å². The number of pyridine rings is 1. The van der Waals surface area contributed by atoms with Crippen LogP contribution in [0.4, 0.5) is 0 Å². The van der Waals surface area contributed by atoms with Crippen LogP contribution in [0.15, 0.2) is 47.5 Å². The van der Waals surface area contributed by atoms with Gasteiger partial charge in [-0.2, -0.15) is 0 Å². The molecule has 1 amide bonds. The molecule has 0 atom stereocenters. The Labute approximate surface area is 140 Å². The van der Waals surface area contributed by atoms with E-state index in [-0.39, 0.29) is 17.3 Å². The van der Waals surface area contributed by atoms with E-state index in [1.54, 1.807) is 36.5 Å². The summed E-state index contributed by atoms with van der Waals surface area (Å²) in [5.41, 5.74) is 0.857. The monoisotopic (exact) mass is 351 g/mol. The van der Waals surface area contributed by atoms with E-state index in [4.69, 9.17) is 12.2 Å². The van der Waals surface area contributed by atoms with Crippen molar-refractivity contribution in [2.24, 2.45) is 0 Å². The minimum absolute atomic E-state index is 0.0890. The number of aromatic nitrogens is 1. The van der Waals surface area contributed by atoms with Crippen molar-refractivity contribution in [3.63, 3.8) is 0 Å². The van der Waals surface area contributed by atoms with Crippen LogP contribution in [0.5, 0.6) is 0 Å². The molecule has 0 radical (unpaired) electrons. The maximum absolute atomic E-state index is 12.3. The minimum Gasteiger partial charge on any atom is -0.352 e. The van der Waals surface area contributed by atoms with Crippen LogP contribution in [0.1, 0.15) is 15.9 Å². The lowest BCUT2D eigenvalue weighted by Gasteiger charge is -2.15. The smallest absolute Gasteiger partial charge is 0.254 e. The third kappa shape index (κ3) is 3.84. The SMILES string of the molecule is CN(C)S(=O)(=O)c1ccccc1CNC(=O)c1ccc[nH]c1=S. The summed E-state index contributed by atoms with van der Waals surface area (Å²) in [6.07, 6.45) is 1.64. The molecule has 2 rings (SSSR count). The molecule has 0 bridgehead atoms. The van der Waals surface area contributed by atoms with Gasteiger partial charge >= 0.3 is 0 Å². The van der Waals surface area contributed by atoms with E-state index >= 15 is 0 Å². The Bertz CT molecular complexity index is 873. The number of nitrogens with zero attached hydrogens (tertiary/aromatic N) is 1. The van der Waals surface area contributed by atoms with Gasteiger partial charge in [-0.1, -0.05) is 30.4 Å². The number of H-pyrrole nitrogens is 1. The quantitative estimate of drug-likeness (QED) is 0.807. The maximum atomic E-state index is 12.3. The summed E-state index contributed by atoms with van der Waals surface area (Å²) in [4.78, 5) is 15.1. The van der Waals surface area contributed by atoms with Crippen LogP contribution in [-0.4, -0.2) is 37.7 Å². The summed E-state index contributed by atoms with van der Waals surface area (Å²) < 4.78 is 26.1. The molecule has 2 N–H and O–H groups in total. The molecule has 122 valence electrons. The molecular formula is C15H17N3O3S2. The number of hydrogen-bond acceptors (Lipinski definition) is 4. The van der Waals surface area contributed by atoms with E-state index in [1.807, 2.05) is 0 Å². The van der Waals surface area contributed by atoms with Gasteiger partial charge in [-0.15, -0.1) is 0 Å². The van der Waals surface area contributed by atoms with Gasteiger partial charge in [0.2, 0.25) is 10.0 Å². The van der Waals surface area contributed by atoms with Crippen molar-refractivity contribution in [1.82, 2.24) is 14.6 Å². The molecular weight excluding hydrogens is 334 g/mol. The molecule has 0 aliphatic carbocycles. The number of aromatic amines is 1. The standard InChI is InChI=1S/C15H17N3O3S2/c1-18(2)23(20,21)13-8-4-3-6-11(13)10-17-14(19)12-7-5-9-16-15(12)22/h3-9H,10H2,1-2H3,(H,16,22)(H,17,19). The van der Waals surface area contributed by atoms with Gasteiger partial charge in [0.25, 0.3) is 5.91 Å². The number of nitrogens with one attached hydrogen (secondary N) is 2. The number of carbonyl (C=O) groups excluding carboxylic acids is 1. The second kappa shape index (κ2) is 7.03. The Morgan fingerprint density at radius 1 is 1.22 bits per heavy atom. The molecule has 0 aliphatic heterocycles. The first-order chi connectivity index (χ1) is 10.8. The predicted octanol–water partition coefficient (Wildman–Crippen LogP) is 1.92. The highest BCUT2D eigenvalue weighted by Crippen LogP contribution is 2.18. The topological polar surface area (TPSA) is 82.3 Å². The van der Waals surface area contributed by atoms with Gasteiger partial charge in [0.15, 0.2) is 0 Å². The number of hydrogen-bond donors (Lipinski definition) is 2. The van der Waals surface area contributed by atoms with Crippen molar-refractivity contribution in [3.8, 4) is 0 Å². The summed E-state index contributed by atoms with van der Waals surface area (Å²) in [5.74, 6) is -0.357. The molecule has 0 fully saturated rings. The largest absolute Gasteiger partial charge is 0.352 e. The highest BCUT2D eigenvalue weighted by molar-refractivity contribution is 7.89. The number of benzene rings is 1. The Morgan fingerprint density at radius 3 is 2.57 bits per heavy atom. The average molecular weight is 351 g/mol. The van der Waals surface area contributed by atoms with E-state index in [2.05, 4.69) is 10.3 Å². The molecule has 0 unspecified atom stereocenters. The maximum Gasteiger partial charge on any atom is 0.254 e. The third-order valence-electron chi connectivity index (χ3n) is 3.23. The zero-order valence-corrected chi connectivity index (χ0v) is 14.4. The summed E-state index contributed by atoms with van der Waals surface area (Å²) >= 11 is 5.06. The second-order valence-electron chi connectivity index (χ2n) is 4.99. The lowest BCUT2D eigenvalue weighted by molar-refractivity contribution is 0.0949. The van der Waals surface area contributed by atoms with Gasteiger partial charge in [0, 0.05) is 26.8 Å². The molecule has 0 saturated heterocycles. The number of rotatable bonds is 5. The minimum atomic E-state index is -3.57. The van der Waals surface area contributed by atoms with Crippen molar-refractivity contribution < 1.29 is 13.2 Å². The van der Waals surface area contributed by atoms with Crippen LogP contribution in [0.25, 0.3) is 0 Å². The highest BCUT2D eigenvalue weighted by Gasteiger charge is 2.21. The molecule has 0 spiro atoms. The zero-order valence-electron chi connectivity index (χ0n) is 12.7. The van der Waals surface area contributed by atoms with Crippen LogP contribution in [-0.2, 0) is 16.6 Å². The van der Waals surface area contributed by atoms with Crippen molar-refractivity contribution in [1.29, 1.82) is 0 Å². The van der Waals surface area contributed by atoms with Crippen LogP contribution < -0.4 is 5.32 Å². The van der Waals surface area contributed by atoms with Crippen LogP contribution in [0.3, 0.4) is 0 Å². The molecule has 2 aromatic rings. The van der Waals surface area contributed by atoms with Crippen molar-refractivity contribution in [2.75, 3.05) is 14.1 Å². The van der Waals surface area contributed by atoms with Crippen LogP contribution in [0, 0.1) is 4.64 Å². The van der Waals surface area contributed by atoms with E-state index < -0.39 is 10.0 Å². The fourth-order valence-electron chi connectivity index (χ4n) is 1.97. The molecule has 0 saturated carbocycles. The molecule has 1 aromatic carbocycles. The van der Waals surface area contributed by atoms with Gasteiger partial charge in [-0.3, -0.25) is 4.79 Å². The molecule has 8 heteroatoms. The lowest BCUT2D eigenvalue weighted by atomic mass is 10.2. The first kappa shape index (κ1) is 17.3. The fraction of sp³-hybridized carbons (Fsp3) is 0.200. The molecule has 0 aliphatic rings. The Balaban J connectivity index is 2.24. The van der Waals surface area contributed by atoms with Crippen molar-refractivity contribution >= 4 is 28.1 Å². The molecule has 1 heterocycles. The van der Waals surface area contributed by atoms with Crippen molar-refractivity contribution in [2.45, 2.75) is 11.4 Å². The second-order valence-corrected chi connectivity index (χ2v) is 7.52. The lowest BCUT2D eigenvalue weighted by Crippen LogP contribution is -2.27. The normalized spacial score (nSPS) is 11.4. The van der Waals surface area contributed by atoms with E-state index in [9.17, 15) is 13.2 Å². The van der Waals surface area contributed by atoms with Gasteiger partial charge in [-0.05, 0) is 23.8 Å². The summed E-state index contributed by atoms with van der Waals surface area (Å²) in [7, 11) is -0.640. The van der Waals surface area contributed by atoms with E-state index in [0.29, 0.717) is 15.8 Å². The van der Waals surface area contributed by atoms with E-state index in [1.165, 1.54) is 20.2 Å². The van der Waals surface area contributed by atoms with Crippen molar-refractivity contribution in [3.05, 3.63) is 58.4 Å². The summed E-state index contributed by atoms with van der Waals surface area (Å²) in [6, 6.07) is 9.85. The van der Waals surface area contributed by atoms with Gasteiger partial charge in [-0.25, -0.2) is 12.7 Å². The van der Waals surface area contributed by atoms with Crippen LogP contribution >= 0.6 is 12.2 Å². The average Bonchev–Trinajstić information content (AvgIpc) is 2.53. The van der Waals surface area contributed by atoms with Gasteiger partial charge in [0.05, 0.1) is 10.5 Å². The van der Waals surface area contributed by atoms with E-state index in [0.717, 1.165) is 4.31 Å². The molecule has 1 aromatic heterocycles. The molecule has 23 heavy (non-hydrogen) atoms. The summed E-state index contributed by atoms with van der Waals surface area (Å²) in [6.45, 7) is 0.0890. The van der Waals surface area contributed by atoms with Gasteiger partial charge in [0.1, 0.15) is 4.64 Å². The third-order valence-corrected chi connectivity index (χ3v) is 5.49. The fourth-order valence-corrected chi connectivity index (χ4v) is 3.31. The highest BCUT2D eigenvalue weighted by atomic mass is 32.2. The van der Waals surface area contributed by atoms with Gasteiger partial charge < -0.3 is 10.3 Å².